The first-order valence-corrected chi connectivity index (χ1v) is 10.7. The van der Waals surface area contributed by atoms with Gasteiger partial charge in [0.05, 0.1) is 6.04 Å². The molecule has 0 radical (unpaired) electrons. The molecule has 166 valence electrons. The number of pyridine rings is 1. The number of hydrogen-bond acceptors (Lipinski definition) is 9. The summed E-state index contributed by atoms with van der Waals surface area (Å²) in [7, 11) is 0. The van der Waals surface area contributed by atoms with Crippen molar-refractivity contribution in [2.24, 2.45) is 0 Å². The Labute approximate surface area is 190 Å². The van der Waals surface area contributed by atoms with E-state index in [1.807, 2.05) is 24.3 Å². The number of hydrogen-bond donors (Lipinski definition) is 2. The van der Waals surface area contributed by atoms with Crippen LogP contribution < -0.4 is 10.2 Å². The molecule has 4 aromatic rings. The Bertz CT molecular complexity index is 1330. The van der Waals surface area contributed by atoms with Crippen LogP contribution in [0.5, 0.6) is 0 Å². The van der Waals surface area contributed by atoms with Crippen LogP contribution in [-0.2, 0) is 5.41 Å². The van der Waals surface area contributed by atoms with Gasteiger partial charge in [-0.3, -0.25) is 5.10 Å². The van der Waals surface area contributed by atoms with E-state index in [1.165, 1.54) is 0 Å². The standard InChI is InChI=1S/C23H23N9O/c1-23(2,3)19-12-21(30-29-19)27-20-6-9-26-22(28-20)32-10-7-17(32)18-11-15(31-33-18)14-5-4-8-25-16(14)13-24/h4-6,8-9,11-12,17H,7,10H2,1-3H3,(H2,26,27,28,29,30)/t17-/m0/s1. The highest BCUT2D eigenvalue weighted by Gasteiger charge is 2.35. The molecule has 0 bridgehead atoms. The highest BCUT2D eigenvalue weighted by Crippen LogP contribution is 2.38. The molecule has 33 heavy (non-hydrogen) atoms. The number of rotatable bonds is 5. The van der Waals surface area contributed by atoms with Gasteiger partial charge in [0.15, 0.2) is 11.6 Å². The Hall–Kier alpha value is -4.26. The number of aromatic nitrogens is 6. The van der Waals surface area contributed by atoms with Crippen LogP contribution in [0.15, 0.2) is 47.2 Å². The second kappa shape index (κ2) is 8.02. The Morgan fingerprint density at radius 1 is 1.18 bits per heavy atom. The fourth-order valence-corrected chi connectivity index (χ4v) is 3.65. The van der Waals surface area contributed by atoms with Gasteiger partial charge in [-0.05, 0) is 24.6 Å². The normalized spacial score (nSPS) is 15.7. The Morgan fingerprint density at radius 2 is 2.06 bits per heavy atom. The number of nitrogens with zero attached hydrogens (tertiary/aromatic N) is 7. The van der Waals surface area contributed by atoms with Crippen molar-refractivity contribution in [3.05, 3.63) is 59.9 Å². The molecule has 5 rings (SSSR count). The lowest BCUT2D eigenvalue weighted by atomic mass is 9.92. The van der Waals surface area contributed by atoms with Crippen LogP contribution in [0.25, 0.3) is 11.3 Å². The van der Waals surface area contributed by atoms with Crippen LogP contribution in [0.1, 0.15) is 50.4 Å². The van der Waals surface area contributed by atoms with E-state index in [2.05, 4.69) is 67.4 Å². The van der Waals surface area contributed by atoms with Crippen LogP contribution in [0.3, 0.4) is 0 Å². The van der Waals surface area contributed by atoms with Gasteiger partial charge in [0.25, 0.3) is 0 Å². The van der Waals surface area contributed by atoms with Crippen LogP contribution in [0, 0.1) is 11.3 Å². The van der Waals surface area contributed by atoms with Crippen molar-refractivity contribution in [3.8, 4) is 17.3 Å². The summed E-state index contributed by atoms with van der Waals surface area (Å²) in [6, 6.07) is 11.3. The van der Waals surface area contributed by atoms with E-state index in [0.29, 0.717) is 40.3 Å². The van der Waals surface area contributed by atoms with Gasteiger partial charge in [0, 0.05) is 47.7 Å². The lowest BCUT2D eigenvalue weighted by Crippen LogP contribution is -2.41. The summed E-state index contributed by atoms with van der Waals surface area (Å²) < 4.78 is 5.62. The first kappa shape index (κ1) is 20.6. The van der Waals surface area contributed by atoms with E-state index in [9.17, 15) is 5.26 Å². The summed E-state index contributed by atoms with van der Waals surface area (Å²) in [6.07, 6.45) is 4.20. The smallest absolute Gasteiger partial charge is 0.227 e. The maximum absolute atomic E-state index is 9.31. The number of nitriles is 1. The summed E-state index contributed by atoms with van der Waals surface area (Å²) in [6.45, 7) is 7.18. The van der Waals surface area contributed by atoms with Crippen molar-refractivity contribution in [3.63, 3.8) is 0 Å². The predicted octanol–water partition coefficient (Wildman–Crippen LogP) is 4.11. The Kier molecular flexibility index (Phi) is 5.01. The molecule has 1 fully saturated rings. The summed E-state index contributed by atoms with van der Waals surface area (Å²) in [5, 5.41) is 24.1. The molecule has 1 aliphatic heterocycles. The van der Waals surface area contributed by atoms with Crippen molar-refractivity contribution < 1.29 is 4.52 Å². The van der Waals surface area contributed by atoms with Gasteiger partial charge < -0.3 is 14.7 Å². The van der Waals surface area contributed by atoms with Gasteiger partial charge in [0.2, 0.25) is 5.95 Å². The maximum atomic E-state index is 9.31. The first-order valence-electron chi connectivity index (χ1n) is 10.7. The van der Waals surface area contributed by atoms with E-state index < -0.39 is 0 Å². The van der Waals surface area contributed by atoms with Gasteiger partial charge in [-0.25, -0.2) is 9.97 Å². The van der Waals surface area contributed by atoms with E-state index >= 15 is 0 Å². The lowest BCUT2D eigenvalue weighted by Gasteiger charge is -2.39. The molecular formula is C23H23N9O. The minimum atomic E-state index is -0.0263. The van der Waals surface area contributed by atoms with E-state index in [4.69, 9.17) is 4.52 Å². The molecule has 0 aliphatic carbocycles. The molecule has 0 amide bonds. The van der Waals surface area contributed by atoms with E-state index in [-0.39, 0.29) is 11.5 Å². The van der Waals surface area contributed by atoms with E-state index in [1.54, 1.807) is 18.5 Å². The largest absolute Gasteiger partial charge is 0.359 e. The predicted molar refractivity (Wildman–Crippen MR) is 122 cm³/mol. The molecule has 10 nitrogen and oxygen atoms in total. The van der Waals surface area contributed by atoms with Crippen molar-refractivity contribution in [2.45, 2.75) is 38.6 Å². The van der Waals surface area contributed by atoms with Gasteiger partial charge in [-0.2, -0.15) is 15.3 Å². The molecule has 2 N–H and O–H groups in total. The molecular weight excluding hydrogens is 418 g/mol. The summed E-state index contributed by atoms with van der Waals surface area (Å²) in [4.78, 5) is 15.3. The lowest BCUT2D eigenvalue weighted by molar-refractivity contribution is 0.315. The molecule has 4 aromatic heterocycles. The molecule has 0 unspecified atom stereocenters. The van der Waals surface area contributed by atoms with Crippen molar-refractivity contribution in [2.75, 3.05) is 16.8 Å². The third-order valence-electron chi connectivity index (χ3n) is 5.61. The second-order valence-corrected chi connectivity index (χ2v) is 8.91. The number of nitrogens with one attached hydrogen (secondary N) is 2. The highest BCUT2D eigenvalue weighted by atomic mass is 16.5. The van der Waals surface area contributed by atoms with E-state index in [0.717, 1.165) is 18.7 Å². The van der Waals surface area contributed by atoms with Crippen molar-refractivity contribution >= 4 is 17.6 Å². The average molecular weight is 441 g/mol. The van der Waals surface area contributed by atoms with Crippen LogP contribution in [0.2, 0.25) is 0 Å². The maximum Gasteiger partial charge on any atom is 0.227 e. The second-order valence-electron chi connectivity index (χ2n) is 8.91. The fourth-order valence-electron chi connectivity index (χ4n) is 3.65. The number of anilines is 3. The fraction of sp³-hybridized carbons (Fsp3) is 0.304. The number of H-pyrrole nitrogens is 1. The zero-order valence-electron chi connectivity index (χ0n) is 18.6. The van der Waals surface area contributed by atoms with Gasteiger partial charge in [-0.1, -0.05) is 25.9 Å². The van der Waals surface area contributed by atoms with Crippen molar-refractivity contribution in [1.29, 1.82) is 5.26 Å². The topological polar surface area (TPSA) is 132 Å². The van der Waals surface area contributed by atoms with Crippen molar-refractivity contribution in [1.82, 2.24) is 30.3 Å². The van der Waals surface area contributed by atoms with Crippen LogP contribution >= 0.6 is 0 Å². The minimum absolute atomic E-state index is 0.0195. The molecule has 1 saturated heterocycles. The average Bonchev–Trinajstić information content (AvgIpc) is 3.43. The molecule has 0 spiro atoms. The molecule has 5 heterocycles. The minimum Gasteiger partial charge on any atom is -0.359 e. The summed E-state index contributed by atoms with van der Waals surface area (Å²) >= 11 is 0. The first-order chi connectivity index (χ1) is 15.9. The molecule has 1 aliphatic rings. The highest BCUT2D eigenvalue weighted by molar-refractivity contribution is 5.65. The zero-order valence-corrected chi connectivity index (χ0v) is 18.6. The van der Waals surface area contributed by atoms with Gasteiger partial charge >= 0.3 is 0 Å². The molecule has 0 saturated carbocycles. The van der Waals surface area contributed by atoms with Crippen LogP contribution in [-0.4, -0.2) is 36.9 Å². The molecule has 1 atom stereocenters. The third-order valence-corrected chi connectivity index (χ3v) is 5.61. The Morgan fingerprint density at radius 3 is 2.79 bits per heavy atom. The van der Waals surface area contributed by atoms with Gasteiger partial charge in [-0.15, -0.1) is 0 Å². The SMILES string of the molecule is CC(C)(C)c1cc(Nc2ccnc(N3CC[C@H]3c3cc(-c4cccnc4C#N)no3)n2)n[nH]1. The third kappa shape index (κ3) is 4.01. The summed E-state index contributed by atoms with van der Waals surface area (Å²) in [5.74, 6) is 2.66. The quantitative estimate of drug-likeness (QED) is 0.469. The zero-order chi connectivity index (χ0) is 23.0. The molecule has 10 heteroatoms. The molecule has 0 aromatic carbocycles. The number of aromatic amines is 1. The summed E-state index contributed by atoms with van der Waals surface area (Å²) in [5.41, 5.74) is 2.58. The van der Waals surface area contributed by atoms with Gasteiger partial charge in [0.1, 0.15) is 23.3 Å². The Balaban J connectivity index is 1.34. The monoisotopic (exact) mass is 441 g/mol. The van der Waals surface area contributed by atoms with Crippen LogP contribution in [0.4, 0.5) is 17.6 Å².